The number of carbonyl (C=O) groups excluding carboxylic acids is 5. The average molecular weight is 757 g/mol. The van der Waals surface area contributed by atoms with Crippen molar-refractivity contribution in [1.29, 1.82) is 0 Å². The molecule has 4 aromatic carbocycles. The van der Waals surface area contributed by atoms with Crippen molar-refractivity contribution in [2.75, 3.05) is 28.8 Å². The Hall–Kier alpha value is -5.76. The van der Waals surface area contributed by atoms with E-state index in [0.717, 1.165) is 29.2 Å². The van der Waals surface area contributed by atoms with E-state index in [2.05, 4.69) is 21.3 Å². The van der Waals surface area contributed by atoms with Crippen LogP contribution in [0.4, 0.5) is 20.8 Å². The number of rotatable bonds is 12. The summed E-state index contributed by atoms with van der Waals surface area (Å²) in [5.41, 5.74) is 1.27. The van der Waals surface area contributed by atoms with Gasteiger partial charge in [0.1, 0.15) is 16.5 Å². The maximum atomic E-state index is 14.7. The molecule has 0 bridgehead atoms. The Morgan fingerprint density at radius 3 is 2.19 bits per heavy atom. The molecular formula is C38H30ClFN4O6S2. The molecule has 52 heavy (non-hydrogen) atoms. The van der Waals surface area contributed by atoms with Crippen LogP contribution in [0.25, 0.3) is 6.08 Å². The number of amides is 4. The van der Waals surface area contributed by atoms with Crippen LogP contribution in [-0.4, -0.2) is 42.5 Å². The van der Waals surface area contributed by atoms with Crippen molar-refractivity contribution in [2.24, 2.45) is 0 Å². The molecule has 0 unspecified atom stereocenters. The van der Waals surface area contributed by atoms with Crippen molar-refractivity contribution in [2.45, 2.75) is 11.8 Å². The second kappa shape index (κ2) is 17.4. The summed E-state index contributed by atoms with van der Waals surface area (Å²) in [6, 6.07) is 27.7. The molecular weight excluding hydrogens is 727 g/mol. The SMILES string of the molecule is COC(=O)c1c(NC(=O)CSc2cccc(NC(=O)/C(=C\c3c(F)cccc3Cl)NC(=O)c3ccccc3)c2)sc(C(=O)Nc2ccccc2)c1C. The molecule has 14 heteroatoms. The fraction of sp³-hybridized carbons (Fsp3) is 0.0789. The first-order valence-electron chi connectivity index (χ1n) is 15.5. The van der Waals surface area contributed by atoms with E-state index in [1.165, 1.54) is 25.3 Å². The quantitative estimate of drug-likeness (QED) is 0.0574. The van der Waals surface area contributed by atoms with Gasteiger partial charge in [0.2, 0.25) is 5.91 Å². The van der Waals surface area contributed by atoms with Crippen LogP contribution in [0.2, 0.25) is 5.02 Å². The van der Waals surface area contributed by atoms with E-state index in [1.54, 1.807) is 85.8 Å². The molecule has 5 aromatic rings. The zero-order valence-corrected chi connectivity index (χ0v) is 30.0. The predicted octanol–water partition coefficient (Wildman–Crippen LogP) is 8.03. The number of anilines is 3. The van der Waals surface area contributed by atoms with Crippen LogP contribution in [0, 0.1) is 12.7 Å². The van der Waals surface area contributed by atoms with E-state index in [0.29, 0.717) is 21.8 Å². The lowest BCUT2D eigenvalue weighted by Crippen LogP contribution is -2.30. The molecule has 1 heterocycles. The second-order valence-electron chi connectivity index (χ2n) is 10.9. The molecule has 4 N–H and O–H groups in total. The first-order valence-corrected chi connectivity index (χ1v) is 17.7. The minimum absolute atomic E-state index is 0.0408. The van der Waals surface area contributed by atoms with Gasteiger partial charge in [0, 0.05) is 27.4 Å². The number of ether oxygens (including phenoxy) is 1. The highest BCUT2D eigenvalue weighted by Gasteiger charge is 2.26. The lowest BCUT2D eigenvalue weighted by molar-refractivity contribution is -0.114. The second-order valence-corrected chi connectivity index (χ2v) is 13.4. The highest BCUT2D eigenvalue weighted by Crippen LogP contribution is 2.35. The van der Waals surface area contributed by atoms with Crippen molar-refractivity contribution in [3.63, 3.8) is 0 Å². The molecule has 264 valence electrons. The van der Waals surface area contributed by atoms with Crippen molar-refractivity contribution >= 4 is 86.7 Å². The van der Waals surface area contributed by atoms with Gasteiger partial charge in [-0.15, -0.1) is 23.1 Å². The van der Waals surface area contributed by atoms with E-state index in [-0.39, 0.29) is 43.0 Å². The number of carbonyl (C=O) groups is 5. The minimum atomic E-state index is -0.751. The van der Waals surface area contributed by atoms with E-state index in [9.17, 15) is 28.4 Å². The van der Waals surface area contributed by atoms with Gasteiger partial charge in [-0.1, -0.05) is 60.1 Å². The fourth-order valence-electron chi connectivity index (χ4n) is 4.78. The molecule has 0 saturated heterocycles. The van der Waals surface area contributed by atoms with Gasteiger partial charge in [0.25, 0.3) is 17.7 Å². The number of esters is 1. The fourth-order valence-corrected chi connectivity index (χ4v) is 6.86. The maximum absolute atomic E-state index is 14.7. The van der Waals surface area contributed by atoms with Gasteiger partial charge in [0.15, 0.2) is 0 Å². The zero-order valence-electron chi connectivity index (χ0n) is 27.6. The van der Waals surface area contributed by atoms with E-state index in [4.69, 9.17) is 16.3 Å². The van der Waals surface area contributed by atoms with Gasteiger partial charge >= 0.3 is 5.97 Å². The van der Waals surface area contributed by atoms with Crippen molar-refractivity contribution in [3.8, 4) is 0 Å². The lowest BCUT2D eigenvalue weighted by Gasteiger charge is -2.13. The van der Waals surface area contributed by atoms with Crippen molar-refractivity contribution < 1.29 is 33.1 Å². The third-order valence-electron chi connectivity index (χ3n) is 7.31. The predicted molar refractivity (Wildman–Crippen MR) is 203 cm³/mol. The first-order chi connectivity index (χ1) is 25.0. The normalized spacial score (nSPS) is 11.0. The van der Waals surface area contributed by atoms with Crippen LogP contribution in [0.3, 0.4) is 0 Å². The van der Waals surface area contributed by atoms with E-state index < -0.39 is 35.4 Å². The average Bonchev–Trinajstić information content (AvgIpc) is 3.47. The monoisotopic (exact) mass is 756 g/mol. The molecule has 5 rings (SSSR count). The van der Waals surface area contributed by atoms with E-state index >= 15 is 0 Å². The first kappa shape index (κ1) is 37.5. The maximum Gasteiger partial charge on any atom is 0.341 e. The van der Waals surface area contributed by atoms with Gasteiger partial charge in [-0.2, -0.15) is 0 Å². The van der Waals surface area contributed by atoms with Crippen molar-refractivity contribution in [3.05, 3.63) is 147 Å². The number of halogens is 2. The van der Waals surface area contributed by atoms with Crippen LogP contribution in [0.15, 0.2) is 114 Å². The molecule has 0 radical (unpaired) electrons. The van der Waals surface area contributed by atoms with Gasteiger partial charge in [0.05, 0.1) is 28.3 Å². The lowest BCUT2D eigenvalue weighted by atomic mass is 10.1. The molecule has 1 aromatic heterocycles. The van der Waals surface area contributed by atoms with Gasteiger partial charge in [-0.05, 0) is 73.2 Å². The van der Waals surface area contributed by atoms with E-state index in [1.807, 2.05) is 6.07 Å². The third-order valence-corrected chi connectivity index (χ3v) is 9.84. The van der Waals surface area contributed by atoms with Crippen molar-refractivity contribution in [1.82, 2.24) is 5.32 Å². The summed E-state index contributed by atoms with van der Waals surface area (Å²) in [6.07, 6.45) is 1.16. The Bertz CT molecular complexity index is 2160. The Balaban J connectivity index is 1.28. The Morgan fingerprint density at radius 2 is 1.50 bits per heavy atom. The number of hydrogen-bond donors (Lipinski definition) is 4. The summed E-state index contributed by atoms with van der Waals surface area (Å²) in [5.74, 6) is -3.73. The molecule has 0 fully saturated rings. The molecule has 0 saturated carbocycles. The van der Waals surface area contributed by atoms with Crippen LogP contribution in [0.1, 0.15) is 41.5 Å². The standard InChI is InChI=1S/C38H30ClFN4O6S2/c1-22-32(38(49)50-2)37(52-33(22)36(48)41-24-13-7-4-8-14-24)44-31(45)21-51-26-16-9-15-25(19-26)42-35(47)30(20-27-28(39)17-10-18-29(27)40)43-34(46)23-11-5-3-6-12-23/h3-20H,21H2,1-2H3,(H,41,48)(H,42,47)(H,43,46)(H,44,45)/b30-20+. The summed E-state index contributed by atoms with van der Waals surface area (Å²) in [6.45, 7) is 1.60. The summed E-state index contributed by atoms with van der Waals surface area (Å²) < 4.78 is 19.6. The number of para-hydroxylation sites is 1. The highest BCUT2D eigenvalue weighted by atomic mass is 35.5. The highest BCUT2D eigenvalue weighted by molar-refractivity contribution is 8.00. The zero-order chi connectivity index (χ0) is 37.2. The molecule has 0 atom stereocenters. The molecule has 0 aliphatic carbocycles. The van der Waals surface area contributed by atoms with Crippen LogP contribution in [-0.2, 0) is 14.3 Å². The summed E-state index contributed by atoms with van der Waals surface area (Å²) in [5, 5.41) is 11.0. The molecule has 10 nitrogen and oxygen atoms in total. The summed E-state index contributed by atoms with van der Waals surface area (Å²) >= 11 is 8.30. The summed E-state index contributed by atoms with van der Waals surface area (Å²) in [7, 11) is 1.21. The smallest absolute Gasteiger partial charge is 0.341 e. The Labute approximate surface area is 311 Å². The Morgan fingerprint density at radius 1 is 0.827 bits per heavy atom. The minimum Gasteiger partial charge on any atom is -0.465 e. The Kier molecular flexibility index (Phi) is 12.6. The molecule has 0 aliphatic rings. The number of methoxy groups -OCH3 is 1. The number of thioether (sulfide) groups is 1. The topological polar surface area (TPSA) is 143 Å². The molecule has 0 spiro atoms. The number of nitrogens with one attached hydrogen (secondary N) is 4. The number of thiophene rings is 1. The van der Waals surface area contributed by atoms with Gasteiger partial charge in [-0.25, -0.2) is 9.18 Å². The van der Waals surface area contributed by atoms with Crippen LogP contribution >= 0.6 is 34.7 Å². The number of benzene rings is 4. The summed E-state index contributed by atoms with van der Waals surface area (Å²) in [4.78, 5) is 66.1. The third kappa shape index (κ3) is 9.51. The number of hydrogen-bond acceptors (Lipinski definition) is 8. The van der Waals surface area contributed by atoms with Gasteiger partial charge in [-0.3, -0.25) is 19.2 Å². The largest absolute Gasteiger partial charge is 0.465 e. The van der Waals surface area contributed by atoms with Gasteiger partial charge < -0.3 is 26.0 Å². The molecule has 0 aliphatic heterocycles. The molecule has 4 amide bonds. The van der Waals surface area contributed by atoms with Crippen LogP contribution < -0.4 is 21.3 Å². The van der Waals surface area contributed by atoms with Crippen LogP contribution in [0.5, 0.6) is 0 Å².